The Morgan fingerprint density at radius 2 is 2.07 bits per heavy atom. The number of methoxy groups -OCH3 is 1. The molecule has 1 aliphatic heterocycles. The number of anilines is 1. The van der Waals surface area contributed by atoms with Gasteiger partial charge in [0.1, 0.15) is 11.5 Å². The van der Waals surface area contributed by atoms with Crippen molar-refractivity contribution >= 4 is 17.3 Å². The van der Waals surface area contributed by atoms with Crippen LogP contribution in [0.5, 0.6) is 11.5 Å². The molecule has 1 aromatic carbocycles. The van der Waals surface area contributed by atoms with Crippen LogP contribution in [-0.4, -0.2) is 29.6 Å². The molecule has 0 fully saturated rings. The molecule has 2 heterocycles. The number of aromatic amines is 1. The number of benzene rings is 1. The Morgan fingerprint density at radius 1 is 1.30 bits per heavy atom. The Morgan fingerprint density at radius 3 is 2.70 bits per heavy atom. The lowest BCUT2D eigenvalue weighted by Crippen LogP contribution is -2.24. The second-order valence-corrected chi connectivity index (χ2v) is 6.10. The van der Waals surface area contributed by atoms with Gasteiger partial charge in [-0.3, -0.25) is 9.89 Å². The molecule has 2 aliphatic rings. The van der Waals surface area contributed by atoms with E-state index in [1.165, 1.54) is 19.2 Å². The highest BCUT2D eigenvalue weighted by Crippen LogP contribution is 2.45. The number of hydrogen-bond donors (Lipinski definition) is 2. The molecule has 4 rings (SSSR count). The van der Waals surface area contributed by atoms with Gasteiger partial charge < -0.3 is 14.8 Å². The molecule has 1 amide bonds. The molecule has 1 aromatic heterocycles. The summed E-state index contributed by atoms with van der Waals surface area (Å²) in [6.07, 6.45) is 0.998. The van der Waals surface area contributed by atoms with E-state index in [2.05, 4.69) is 20.3 Å². The fourth-order valence-corrected chi connectivity index (χ4v) is 3.28. The Labute approximate surface area is 151 Å². The number of ether oxygens (including phenoxy) is 2. The topological polar surface area (TPSA) is 76.2 Å². The quantitative estimate of drug-likeness (QED) is 0.851. The first-order valence-electron chi connectivity index (χ1n) is 8.06. The van der Waals surface area contributed by atoms with Crippen molar-refractivity contribution in [3.05, 3.63) is 53.2 Å². The van der Waals surface area contributed by atoms with E-state index in [0.717, 1.165) is 22.9 Å². The van der Waals surface area contributed by atoms with Gasteiger partial charge in [-0.2, -0.15) is 5.10 Å². The van der Waals surface area contributed by atoms with Crippen molar-refractivity contribution in [2.24, 2.45) is 0 Å². The number of aromatic nitrogens is 2. The van der Waals surface area contributed by atoms with Crippen molar-refractivity contribution in [3.63, 3.8) is 0 Å². The third kappa shape index (κ3) is 3.16. The first kappa shape index (κ1) is 17.2. The van der Waals surface area contributed by atoms with Gasteiger partial charge in [0.15, 0.2) is 5.82 Å². The average Bonchev–Trinajstić information content (AvgIpc) is 2.94. The number of carbonyl (C=O) groups excluding carboxylic acids is 1. The highest BCUT2D eigenvalue weighted by molar-refractivity contribution is 5.96. The number of carbonyl (C=O) groups is 1. The molecule has 0 bridgehead atoms. The fourth-order valence-electron chi connectivity index (χ4n) is 3.28. The van der Waals surface area contributed by atoms with E-state index in [1.54, 1.807) is 0 Å². The average molecular weight is 377 g/mol. The van der Waals surface area contributed by atoms with E-state index in [4.69, 9.17) is 4.74 Å². The molecule has 1 atom stereocenters. The molecule has 9 heteroatoms. The normalized spacial score (nSPS) is 18.3. The first-order valence-corrected chi connectivity index (χ1v) is 8.06. The summed E-state index contributed by atoms with van der Waals surface area (Å²) in [7, 11) is 1.35. The van der Waals surface area contributed by atoms with Crippen LogP contribution >= 0.6 is 0 Å². The molecular weight excluding hydrogens is 363 g/mol. The van der Waals surface area contributed by atoms with E-state index < -0.39 is 12.3 Å². The highest BCUT2D eigenvalue weighted by atomic mass is 19.4. The number of H-pyrrole nitrogens is 1. The standard InChI is InChI=1S/C18H14F3N3O3/c1-26-13-7-10(27-18(19,20)21)5-6-11(13)12-8-14(25)22-17-15(12)16(23-24-17)9-3-2-4-9/h2-7,12H,8H2,1H3,(H2,22,23,24,25). The zero-order valence-corrected chi connectivity index (χ0v) is 14.1. The zero-order chi connectivity index (χ0) is 19.2. The molecule has 140 valence electrons. The Hall–Kier alpha value is -3.23. The summed E-state index contributed by atoms with van der Waals surface area (Å²) in [5, 5.41) is 9.80. The third-order valence-electron chi connectivity index (χ3n) is 4.45. The molecule has 1 unspecified atom stereocenters. The molecule has 0 saturated heterocycles. The predicted molar refractivity (Wildman–Crippen MR) is 90.5 cm³/mol. The van der Waals surface area contributed by atoms with Gasteiger partial charge in [0, 0.05) is 29.5 Å². The number of nitrogens with one attached hydrogen (secondary N) is 2. The predicted octanol–water partition coefficient (Wildman–Crippen LogP) is 3.74. The van der Waals surface area contributed by atoms with E-state index >= 15 is 0 Å². The molecule has 27 heavy (non-hydrogen) atoms. The summed E-state index contributed by atoms with van der Waals surface area (Å²) >= 11 is 0. The minimum absolute atomic E-state index is 0.117. The summed E-state index contributed by atoms with van der Waals surface area (Å²) in [5.74, 6) is -0.438. The van der Waals surface area contributed by atoms with Crippen molar-refractivity contribution in [3.8, 4) is 11.5 Å². The maximum absolute atomic E-state index is 12.5. The number of fused-ring (bicyclic) bond motifs is 1. The van der Waals surface area contributed by atoms with Gasteiger partial charge in [0.2, 0.25) is 5.91 Å². The molecule has 2 aromatic rings. The Balaban J connectivity index is 1.78. The summed E-state index contributed by atoms with van der Waals surface area (Å²) in [6, 6.07) is 3.85. The molecule has 2 N–H and O–H groups in total. The monoisotopic (exact) mass is 377 g/mol. The van der Waals surface area contributed by atoms with Crippen LogP contribution < -0.4 is 14.8 Å². The van der Waals surface area contributed by atoms with E-state index in [9.17, 15) is 18.0 Å². The van der Waals surface area contributed by atoms with Crippen molar-refractivity contribution in [1.29, 1.82) is 0 Å². The molecule has 0 spiro atoms. The number of amides is 1. The lowest BCUT2D eigenvalue weighted by molar-refractivity contribution is -0.274. The van der Waals surface area contributed by atoms with Crippen LogP contribution in [0.2, 0.25) is 0 Å². The smallest absolute Gasteiger partial charge is 0.496 e. The number of alkyl halides is 3. The van der Waals surface area contributed by atoms with Crippen LogP contribution in [0.15, 0.2) is 36.4 Å². The minimum Gasteiger partial charge on any atom is -0.496 e. The van der Waals surface area contributed by atoms with Crippen LogP contribution in [0.25, 0.3) is 5.57 Å². The third-order valence-corrected chi connectivity index (χ3v) is 4.45. The summed E-state index contributed by atoms with van der Waals surface area (Å²) < 4.78 is 46.7. The van der Waals surface area contributed by atoms with Crippen LogP contribution in [0.1, 0.15) is 29.2 Å². The SMILES string of the molecule is COc1cc(OC(F)(F)F)ccc1C1CC(=O)Nc2n[nH]c(C3=CC=C3)c21. The fraction of sp³-hybridized carbons (Fsp3) is 0.222. The largest absolute Gasteiger partial charge is 0.573 e. The van der Waals surface area contributed by atoms with Crippen molar-refractivity contribution in [1.82, 2.24) is 10.2 Å². The molecule has 1 aliphatic carbocycles. The number of allylic oxidation sites excluding steroid dienone is 4. The van der Waals surface area contributed by atoms with E-state index in [0.29, 0.717) is 11.4 Å². The van der Waals surface area contributed by atoms with Gasteiger partial charge in [-0.05, 0) is 11.6 Å². The van der Waals surface area contributed by atoms with Crippen molar-refractivity contribution < 1.29 is 27.4 Å². The van der Waals surface area contributed by atoms with Gasteiger partial charge in [-0.1, -0.05) is 24.3 Å². The molecular formula is C18H14F3N3O3. The lowest BCUT2D eigenvalue weighted by Gasteiger charge is -2.25. The van der Waals surface area contributed by atoms with Gasteiger partial charge in [0.05, 0.1) is 12.8 Å². The summed E-state index contributed by atoms with van der Waals surface area (Å²) in [5.41, 5.74) is 3.04. The van der Waals surface area contributed by atoms with Gasteiger partial charge in [-0.25, -0.2) is 0 Å². The van der Waals surface area contributed by atoms with E-state index in [-0.39, 0.29) is 23.8 Å². The van der Waals surface area contributed by atoms with Crippen LogP contribution in [0.4, 0.5) is 19.0 Å². The van der Waals surface area contributed by atoms with Gasteiger partial charge in [0.25, 0.3) is 0 Å². The molecule has 6 nitrogen and oxygen atoms in total. The minimum atomic E-state index is -4.80. The number of nitrogens with zero attached hydrogens (tertiary/aromatic N) is 1. The summed E-state index contributed by atoms with van der Waals surface area (Å²) in [4.78, 5) is 12.1. The van der Waals surface area contributed by atoms with Crippen LogP contribution in [-0.2, 0) is 4.79 Å². The number of hydrogen-bond acceptors (Lipinski definition) is 4. The van der Waals surface area contributed by atoms with Crippen LogP contribution in [0, 0.1) is 0 Å². The number of rotatable bonds is 4. The first-order chi connectivity index (χ1) is 12.9. The van der Waals surface area contributed by atoms with Gasteiger partial charge >= 0.3 is 6.36 Å². The van der Waals surface area contributed by atoms with E-state index in [1.807, 2.05) is 18.2 Å². The van der Waals surface area contributed by atoms with Crippen molar-refractivity contribution in [2.45, 2.75) is 18.7 Å². The maximum Gasteiger partial charge on any atom is 0.573 e. The second kappa shape index (κ2) is 6.19. The van der Waals surface area contributed by atoms with Crippen molar-refractivity contribution in [2.75, 3.05) is 12.4 Å². The zero-order valence-electron chi connectivity index (χ0n) is 14.1. The van der Waals surface area contributed by atoms with Crippen LogP contribution in [0.3, 0.4) is 0 Å². The number of halogens is 3. The molecule has 0 radical (unpaired) electrons. The maximum atomic E-state index is 12.5. The lowest BCUT2D eigenvalue weighted by atomic mass is 9.83. The Bertz CT molecular complexity index is 976. The summed E-state index contributed by atoms with van der Waals surface area (Å²) in [6.45, 7) is 0. The Kier molecular flexibility index (Phi) is 3.94. The second-order valence-electron chi connectivity index (χ2n) is 6.10. The highest BCUT2D eigenvalue weighted by Gasteiger charge is 2.35. The van der Waals surface area contributed by atoms with Gasteiger partial charge in [-0.15, -0.1) is 13.2 Å². The molecule has 0 saturated carbocycles.